The summed E-state index contributed by atoms with van der Waals surface area (Å²) in [6, 6.07) is 2.78. The summed E-state index contributed by atoms with van der Waals surface area (Å²) in [6.45, 7) is 0.289. The molecular weight excluding hydrogens is 348 g/mol. The van der Waals surface area contributed by atoms with Crippen LogP contribution in [0.25, 0.3) is 0 Å². The van der Waals surface area contributed by atoms with E-state index < -0.39 is 29.0 Å². The smallest absolute Gasteiger partial charge is 0.274 e. The van der Waals surface area contributed by atoms with Crippen molar-refractivity contribution in [1.82, 2.24) is 20.8 Å². The number of H-pyrrole nitrogens is 1. The molecule has 1 aromatic carbocycles. The van der Waals surface area contributed by atoms with E-state index in [-0.39, 0.29) is 29.9 Å². The largest absolute Gasteiger partial charge is 0.354 e. The number of halogens is 2. The highest BCUT2D eigenvalue weighted by molar-refractivity contribution is 6.08. The quantitative estimate of drug-likeness (QED) is 0.647. The number of aromatic nitrogens is 2. The SMILES string of the molecule is O=C1CCC(NC(=O)c2n[nH]cc2NC(=O)c2c(F)cccc2F)CN1. The molecule has 136 valence electrons. The van der Waals surface area contributed by atoms with Crippen molar-refractivity contribution in [3.63, 3.8) is 0 Å². The van der Waals surface area contributed by atoms with Crippen LogP contribution in [0.2, 0.25) is 0 Å². The van der Waals surface area contributed by atoms with Gasteiger partial charge in [-0.3, -0.25) is 19.5 Å². The third-order valence-corrected chi connectivity index (χ3v) is 3.89. The molecule has 0 bridgehead atoms. The summed E-state index contributed by atoms with van der Waals surface area (Å²) in [6.07, 6.45) is 2.00. The second kappa shape index (κ2) is 7.30. The van der Waals surface area contributed by atoms with E-state index in [0.29, 0.717) is 12.8 Å². The molecular formula is C16H15F2N5O3. The summed E-state index contributed by atoms with van der Waals surface area (Å²) < 4.78 is 27.4. The second-order valence-corrected chi connectivity index (χ2v) is 5.71. The van der Waals surface area contributed by atoms with Crippen LogP contribution in [0, 0.1) is 11.6 Å². The third kappa shape index (κ3) is 3.68. The van der Waals surface area contributed by atoms with Gasteiger partial charge >= 0.3 is 0 Å². The molecule has 1 fully saturated rings. The fourth-order valence-electron chi connectivity index (χ4n) is 2.57. The number of benzene rings is 1. The Hall–Kier alpha value is -3.30. The maximum atomic E-state index is 13.7. The molecule has 3 rings (SSSR count). The molecule has 1 unspecified atom stereocenters. The van der Waals surface area contributed by atoms with Gasteiger partial charge in [0.15, 0.2) is 5.69 Å². The zero-order valence-corrected chi connectivity index (χ0v) is 13.4. The minimum absolute atomic E-state index is 0.0185. The maximum absolute atomic E-state index is 13.7. The van der Waals surface area contributed by atoms with Gasteiger partial charge in [-0.2, -0.15) is 5.10 Å². The molecule has 2 heterocycles. The van der Waals surface area contributed by atoms with E-state index >= 15 is 0 Å². The third-order valence-electron chi connectivity index (χ3n) is 3.89. The van der Waals surface area contributed by atoms with E-state index in [1.54, 1.807) is 0 Å². The lowest BCUT2D eigenvalue weighted by Crippen LogP contribution is -2.47. The number of hydrogen-bond acceptors (Lipinski definition) is 4. The van der Waals surface area contributed by atoms with Crippen molar-refractivity contribution in [2.45, 2.75) is 18.9 Å². The van der Waals surface area contributed by atoms with Gasteiger partial charge in [0, 0.05) is 25.2 Å². The van der Waals surface area contributed by atoms with Crippen molar-refractivity contribution in [1.29, 1.82) is 0 Å². The first-order chi connectivity index (χ1) is 12.5. The Bertz CT molecular complexity index is 837. The number of nitrogens with zero attached hydrogens (tertiary/aromatic N) is 1. The van der Waals surface area contributed by atoms with Gasteiger partial charge in [0.2, 0.25) is 5.91 Å². The first-order valence-electron chi connectivity index (χ1n) is 7.82. The van der Waals surface area contributed by atoms with Crippen LogP contribution in [-0.2, 0) is 4.79 Å². The Kier molecular flexibility index (Phi) is 4.92. The summed E-state index contributed by atoms with van der Waals surface area (Å²) in [5.41, 5.74) is -0.906. The molecule has 1 aromatic heterocycles. The summed E-state index contributed by atoms with van der Waals surface area (Å²) in [5.74, 6) is -3.75. The van der Waals surface area contributed by atoms with Crippen molar-refractivity contribution in [3.05, 3.63) is 47.3 Å². The minimum Gasteiger partial charge on any atom is -0.354 e. The van der Waals surface area contributed by atoms with Crippen LogP contribution in [0.5, 0.6) is 0 Å². The standard InChI is InChI=1S/C16H15F2N5O3/c17-9-2-1-3-10(18)13(9)15(25)22-11-7-20-23-14(11)16(26)21-8-4-5-12(24)19-6-8/h1-3,7-8H,4-6H2,(H,19,24)(H,20,23)(H,21,26)(H,22,25). The monoisotopic (exact) mass is 363 g/mol. The molecule has 26 heavy (non-hydrogen) atoms. The van der Waals surface area contributed by atoms with E-state index in [1.807, 2.05) is 0 Å². The van der Waals surface area contributed by atoms with Crippen LogP contribution in [0.15, 0.2) is 24.4 Å². The van der Waals surface area contributed by atoms with Crippen LogP contribution >= 0.6 is 0 Å². The number of piperidine rings is 1. The lowest BCUT2D eigenvalue weighted by Gasteiger charge is -2.23. The number of nitrogens with one attached hydrogen (secondary N) is 4. The first-order valence-corrected chi connectivity index (χ1v) is 7.82. The highest BCUT2D eigenvalue weighted by Crippen LogP contribution is 2.17. The molecule has 0 spiro atoms. The number of carbonyl (C=O) groups excluding carboxylic acids is 3. The molecule has 3 amide bonds. The number of aromatic amines is 1. The second-order valence-electron chi connectivity index (χ2n) is 5.71. The highest BCUT2D eigenvalue weighted by atomic mass is 19.1. The molecule has 1 saturated heterocycles. The van der Waals surface area contributed by atoms with Gasteiger partial charge in [0.25, 0.3) is 11.8 Å². The van der Waals surface area contributed by atoms with Crippen molar-refractivity contribution in [2.75, 3.05) is 11.9 Å². The van der Waals surface area contributed by atoms with Crippen molar-refractivity contribution >= 4 is 23.4 Å². The maximum Gasteiger partial charge on any atom is 0.274 e. The van der Waals surface area contributed by atoms with E-state index in [9.17, 15) is 23.2 Å². The van der Waals surface area contributed by atoms with Gasteiger partial charge in [0.05, 0.1) is 5.69 Å². The summed E-state index contributed by atoms with van der Waals surface area (Å²) in [5, 5.41) is 13.8. The Balaban J connectivity index is 1.71. The zero-order chi connectivity index (χ0) is 18.7. The van der Waals surface area contributed by atoms with E-state index in [2.05, 4.69) is 26.1 Å². The zero-order valence-electron chi connectivity index (χ0n) is 13.4. The Morgan fingerprint density at radius 1 is 1.19 bits per heavy atom. The number of carbonyl (C=O) groups is 3. The molecule has 8 nitrogen and oxygen atoms in total. The summed E-state index contributed by atoms with van der Waals surface area (Å²) >= 11 is 0. The van der Waals surface area contributed by atoms with Gasteiger partial charge in [0.1, 0.15) is 17.2 Å². The fraction of sp³-hybridized carbons (Fsp3) is 0.250. The summed E-state index contributed by atoms with van der Waals surface area (Å²) in [4.78, 5) is 35.6. The van der Waals surface area contributed by atoms with E-state index in [4.69, 9.17) is 0 Å². The number of hydrogen-bond donors (Lipinski definition) is 4. The number of anilines is 1. The lowest BCUT2D eigenvalue weighted by atomic mass is 10.1. The molecule has 0 aliphatic carbocycles. The molecule has 0 radical (unpaired) electrons. The molecule has 1 aliphatic heterocycles. The van der Waals surface area contributed by atoms with Crippen molar-refractivity contribution < 1.29 is 23.2 Å². The Morgan fingerprint density at radius 3 is 2.58 bits per heavy atom. The van der Waals surface area contributed by atoms with Gasteiger partial charge in [-0.1, -0.05) is 6.07 Å². The van der Waals surface area contributed by atoms with Gasteiger partial charge in [-0.05, 0) is 18.6 Å². The number of rotatable bonds is 4. The van der Waals surface area contributed by atoms with Crippen LogP contribution < -0.4 is 16.0 Å². The number of amides is 3. The van der Waals surface area contributed by atoms with Crippen LogP contribution in [-0.4, -0.2) is 40.5 Å². The highest BCUT2D eigenvalue weighted by Gasteiger charge is 2.24. The minimum atomic E-state index is -1.04. The molecule has 2 aromatic rings. The molecule has 1 atom stereocenters. The fourth-order valence-corrected chi connectivity index (χ4v) is 2.57. The Morgan fingerprint density at radius 2 is 1.92 bits per heavy atom. The molecule has 4 N–H and O–H groups in total. The first kappa shape index (κ1) is 17.5. The average Bonchev–Trinajstić information content (AvgIpc) is 3.05. The predicted molar refractivity (Wildman–Crippen MR) is 86.4 cm³/mol. The van der Waals surface area contributed by atoms with Crippen LogP contribution in [0.4, 0.5) is 14.5 Å². The lowest BCUT2D eigenvalue weighted by molar-refractivity contribution is -0.122. The van der Waals surface area contributed by atoms with Crippen LogP contribution in [0.1, 0.15) is 33.7 Å². The summed E-state index contributed by atoms with van der Waals surface area (Å²) in [7, 11) is 0. The van der Waals surface area contributed by atoms with E-state index in [0.717, 1.165) is 18.2 Å². The van der Waals surface area contributed by atoms with E-state index in [1.165, 1.54) is 6.20 Å². The van der Waals surface area contributed by atoms with Crippen LogP contribution in [0.3, 0.4) is 0 Å². The normalized spacial score (nSPS) is 16.7. The molecule has 10 heteroatoms. The average molecular weight is 363 g/mol. The topological polar surface area (TPSA) is 116 Å². The predicted octanol–water partition coefficient (Wildman–Crippen LogP) is 0.949. The van der Waals surface area contributed by atoms with Crippen molar-refractivity contribution in [3.8, 4) is 0 Å². The van der Waals surface area contributed by atoms with Gasteiger partial charge in [-0.15, -0.1) is 0 Å². The molecule has 1 aliphatic rings. The Labute approximate surface area is 146 Å². The van der Waals surface area contributed by atoms with Gasteiger partial charge in [-0.25, -0.2) is 8.78 Å². The van der Waals surface area contributed by atoms with Gasteiger partial charge < -0.3 is 16.0 Å². The molecule has 0 saturated carbocycles. The van der Waals surface area contributed by atoms with Crippen molar-refractivity contribution in [2.24, 2.45) is 0 Å².